The number of aromatic nitrogens is 1. The van der Waals surface area contributed by atoms with Crippen LogP contribution in [0.1, 0.15) is 41.4 Å². The molecule has 2 rings (SSSR count). The van der Waals surface area contributed by atoms with E-state index in [2.05, 4.69) is 17.1 Å². The molecule has 1 aromatic carbocycles. The van der Waals surface area contributed by atoms with Gasteiger partial charge < -0.3 is 10.6 Å². The van der Waals surface area contributed by atoms with Crippen LogP contribution < -0.4 is 10.6 Å². The molecular weight excluding hydrogens is 358 g/mol. The number of thioether (sulfide) groups is 1. The molecule has 2 aromatic rings. The smallest absolute Gasteiger partial charge is 0.235 e. The van der Waals surface area contributed by atoms with Crippen molar-refractivity contribution in [3.63, 3.8) is 0 Å². The first kappa shape index (κ1) is 20.3. The fraction of sp³-hybridized carbons (Fsp3) is 0.300. The number of carbonyl (C=O) groups is 1. The molecule has 1 heterocycles. The van der Waals surface area contributed by atoms with Crippen LogP contribution in [0.4, 0.5) is 5.82 Å². The Kier molecular flexibility index (Phi) is 6.81. The second-order valence-electron chi connectivity index (χ2n) is 5.87. The summed E-state index contributed by atoms with van der Waals surface area (Å²) in [5.41, 5.74) is 7.74. The van der Waals surface area contributed by atoms with E-state index in [1.807, 2.05) is 56.1 Å². The molecular formula is C20H21N5OS. The van der Waals surface area contributed by atoms with E-state index in [0.29, 0.717) is 40.5 Å². The molecule has 0 saturated carbocycles. The van der Waals surface area contributed by atoms with E-state index < -0.39 is 11.2 Å². The summed E-state index contributed by atoms with van der Waals surface area (Å²) in [7, 11) is 1.84. The number of benzene rings is 1. The third kappa shape index (κ3) is 4.21. The molecule has 1 amide bonds. The van der Waals surface area contributed by atoms with E-state index in [9.17, 15) is 15.3 Å². The Morgan fingerprint density at radius 2 is 1.85 bits per heavy atom. The van der Waals surface area contributed by atoms with Gasteiger partial charge in [-0.15, -0.1) is 0 Å². The first-order valence-corrected chi connectivity index (χ1v) is 9.45. The minimum atomic E-state index is -0.678. The highest BCUT2D eigenvalue weighted by Gasteiger charge is 2.26. The Morgan fingerprint density at radius 3 is 2.33 bits per heavy atom. The Morgan fingerprint density at radius 1 is 1.22 bits per heavy atom. The molecule has 1 unspecified atom stereocenters. The number of carbonyl (C=O) groups excluding carboxylic acids is 1. The summed E-state index contributed by atoms with van der Waals surface area (Å²) in [4.78, 5) is 18.5. The van der Waals surface area contributed by atoms with Gasteiger partial charge in [0.1, 0.15) is 28.2 Å². The number of hydrogen-bond donors (Lipinski definition) is 1. The zero-order valence-electron chi connectivity index (χ0n) is 15.6. The number of pyridine rings is 1. The Balaban J connectivity index is 2.66. The summed E-state index contributed by atoms with van der Waals surface area (Å²) in [5.74, 6) is -0.000624. The van der Waals surface area contributed by atoms with Crippen molar-refractivity contribution in [2.45, 2.75) is 30.5 Å². The standard InChI is InChI=1S/C20H21N5OS/c1-4-14-15(11-21)19(25(3)5-2)24-20(16(14)12-22)27-17(18(23)26)13-9-7-6-8-10-13/h6-10,17H,4-5H2,1-3H3,(H2,23,26). The number of amides is 1. The van der Waals surface area contributed by atoms with Gasteiger partial charge in [-0.25, -0.2) is 4.98 Å². The molecule has 0 bridgehead atoms. The highest BCUT2D eigenvalue weighted by molar-refractivity contribution is 8.00. The highest BCUT2D eigenvalue weighted by Crippen LogP contribution is 2.39. The number of nitrogens with zero attached hydrogens (tertiary/aromatic N) is 4. The van der Waals surface area contributed by atoms with Gasteiger partial charge in [0.05, 0.1) is 11.1 Å². The zero-order valence-corrected chi connectivity index (χ0v) is 16.4. The van der Waals surface area contributed by atoms with E-state index >= 15 is 0 Å². The lowest BCUT2D eigenvalue weighted by Gasteiger charge is -2.22. The summed E-state index contributed by atoms with van der Waals surface area (Å²) in [6.45, 7) is 4.50. The van der Waals surface area contributed by atoms with Crippen molar-refractivity contribution >= 4 is 23.5 Å². The molecule has 0 aliphatic heterocycles. The van der Waals surface area contributed by atoms with Crippen LogP contribution in [-0.4, -0.2) is 24.5 Å². The average Bonchev–Trinajstić information content (AvgIpc) is 2.70. The van der Waals surface area contributed by atoms with Crippen molar-refractivity contribution in [3.05, 3.63) is 52.6 Å². The van der Waals surface area contributed by atoms with Crippen molar-refractivity contribution in [1.82, 2.24) is 4.98 Å². The molecule has 1 atom stereocenters. The van der Waals surface area contributed by atoms with Crippen molar-refractivity contribution in [1.29, 1.82) is 10.5 Å². The molecule has 27 heavy (non-hydrogen) atoms. The van der Waals surface area contributed by atoms with Gasteiger partial charge in [0, 0.05) is 13.6 Å². The second-order valence-corrected chi connectivity index (χ2v) is 6.97. The van der Waals surface area contributed by atoms with Crippen molar-refractivity contribution in [2.24, 2.45) is 5.73 Å². The lowest BCUT2D eigenvalue weighted by molar-refractivity contribution is -0.117. The summed E-state index contributed by atoms with van der Waals surface area (Å²) < 4.78 is 0. The minimum Gasteiger partial charge on any atom is -0.368 e. The average molecular weight is 379 g/mol. The van der Waals surface area contributed by atoms with Crippen LogP contribution in [-0.2, 0) is 11.2 Å². The van der Waals surface area contributed by atoms with Gasteiger partial charge in [-0.2, -0.15) is 10.5 Å². The molecule has 0 spiro atoms. The maximum absolute atomic E-state index is 12.1. The van der Waals surface area contributed by atoms with Gasteiger partial charge in [0.2, 0.25) is 5.91 Å². The van der Waals surface area contributed by atoms with Crippen LogP contribution in [0.25, 0.3) is 0 Å². The van der Waals surface area contributed by atoms with Crippen LogP contribution in [0.3, 0.4) is 0 Å². The van der Waals surface area contributed by atoms with Gasteiger partial charge >= 0.3 is 0 Å². The molecule has 0 radical (unpaired) electrons. The predicted molar refractivity (Wildman–Crippen MR) is 106 cm³/mol. The Labute approximate surface area is 163 Å². The van der Waals surface area contributed by atoms with Crippen LogP contribution in [0.2, 0.25) is 0 Å². The highest BCUT2D eigenvalue weighted by atomic mass is 32.2. The topological polar surface area (TPSA) is 107 Å². The summed E-state index contributed by atoms with van der Waals surface area (Å²) in [6, 6.07) is 13.5. The molecule has 138 valence electrons. The predicted octanol–water partition coefficient (Wildman–Crippen LogP) is 3.16. The van der Waals surface area contributed by atoms with Crippen molar-refractivity contribution < 1.29 is 4.79 Å². The molecule has 7 heteroatoms. The molecule has 0 fully saturated rings. The van der Waals surface area contributed by atoms with Gasteiger partial charge in [-0.3, -0.25) is 4.79 Å². The first-order valence-electron chi connectivity index (χ1n) is 8.57. The molecule has 0 aliphatic rings. The number of rotatable bonds is 7. The van der Waals surface area contributed by atoms with Crippen LogP contribution in [0.15, 0.2) is 35.4 Å². The molecule has 2 N–H and O–H groups in total. The molecule has 6 nitrogen and oxygen atoms in total. The van der Waals surface area contributed by atoms with Gasteiger partial charge in [-0.05, 0) is 24.5 Å². The Bertz CT molecular complexity index is 915. The molecule has 0 aliphatic carbocycles. The van der Waals surface area contributed by atoms with Crippen molar-refractivity contribution in [3.8, 4) is 12.1 Å². The van der Waals surface area contributed by atoms with E-state index in [0.717, 1.165) is 17.3 Å². The number of nitrogens with two attached hydrogens (primary N) is 1. The molecule has 0 saturated heterocycles. The van der Waals surface area contributed by atoms with E-state index in [4.69, 9.17) is 5.73 Å². The second kappa shape index (κ2) is 9.07. The van der Waals surface area contributed by atoms with Crippen LogP contribution >= 0.6 is 11.8 Å². The minimum absolute atomic E-state index is 0.328. The summed E-state index contributed by atoms with van der Waals surface area (Å²) in [5, 5.41) is 19.1. The number of anilines is 1. The third-order valence-corrected chi connectivity index (χ3v) is 5.51. The largest absolute Gasteiger partial charge is 0.368 e. The lowest BCUT2D eigenvalue weighted by atomic mass is 10.0. The molecule has 1 aromatic heterocycles. The van der Waals surface area contributed by atoms with Crippen LogP contribution in [0.5, 0.6) is 0 Å². The fourth-order valence-electron chi connectivity index (χ4n) is 2.72. The van der Waals surface area contributed by atoms with Gasteiger partial charge in [0.15, 0.2) is 0 Å². The Hall–Kier alpha value is -3.03. The third-order valence-electron chi connectivity index (χ3n) is 4.25. The quantitative estimate of drug-likeness (QED) is 0.741. The SMILES string of the molecule is CCc1c(C#N)c(SC(C(N)=O)c2ccccc2)nc(N(C)CC)c1C#N. The van der Waals surface area contributed by atoms with Crippen molar-refractivity contribution in [2.75, 3.05) is 18.5 Å². The fourth-order valence-corrected chi connectivity index (χ4v) is 3.78. The van der Waals surface area contributed by atoms with E-state index in [1.54, 1.807) is 0 Å². The number of primary amides is 1. The number of hydrogen-bond acceptors (Lipinski definition) is 6. The maximum atomic E-state index is 12.1. The lowest BCUT2D eigenvalue weighted by Crippen LogP contribution is -2.22. The van der Waals surface area contributed by atoms with Crippen LogP contribution in [0, 0.1) is 22.7 Å². The zero-order chi connectivity index (χ0) is 20.0. The first-order chi connectivity index (χ1) is 13.0. The van der Waals surface area contributed by atoms with E-state index in [1.165, 1.54) is 0 Å². The number of nitriles is 2. The monoisotopic (exact) mass is 379 g/mol. The van der Waals surface area contributed by atoms with Gasteiger partial charge in [-0.1, -0.05) is 49.0 Å². The maximum Gasteiger partial charge on any atom is 0.235 e. The van der Waals surface area contributed by atoms with E-state index in [-0.39, 0.29) is 0 Å². The summed E-state index contributed by atoms with van der Waals surface area (Å²) in [6.07, 6.45) is 0.513. The summed E-state index contributed by atoms with van der Waals surface area (Å²) >= 11 is 1.15. The van der Waals surface area contributed by atoms with Gasteiger partial charge in [0.25, 0.3) is 0 Å². The normalized spacial score (nSPS) is 11.3.